The fourth-order valence-corrected chi connectivity index (χ4v) is 2.62. The summed E-state index contributed by atoms with van der Waals surface area (Å²) in [5.74, 6) is -2.37. The molecule has 6 unspecified atom stereocenters. The lowest BCUT2D eigenvalue weighted by Gasteiger charge is -2.43. The molecular formula is C19H30O9. The summed E-state index contributed by atoms with van der Waals surface area (Å²) in [6, 6.07) is 0. The maximum Gasteiger partial charge on any atom is 0.317 e. The fourth-order valence-electron chi connectivity index (χ4n) is 2.62. The third kappa shape index (κ3) is 7.33. The van der Waals surface area contributed by atoms with Crippen LogP contribution in [-0.2, 0) is 23.8 Å². The molecule has 9 nitrogen and oxygen atoms in total. The highest BCUT2D eigenvalue weighted by Crippen LogP contribution is 2.29. The van der Waals surface area contributed by atoms with E-state index in [1.54, 1.807) is 13.0 Å². The van der Waals surface area contributed by atoms with Crippen molar-refractivity contribution in [3.63, 3.8) is 0 Å². The molecule has 160 valence electrons. The Bertz CT molecular complexity index is 584. The fraction of sp³-hybridized carbons (Fsp3) is 0.684. The molecule has 0 bridgehead atoms. The first kappa shape index (κ1) is 24.3. The van der Waals surface area contributed by atoms with E-state index in [0.717, 1.165) is 5.57 Å². The van der Waals surface area contributed by atoms with Gasteiger partial charge < -0.3 is 34.6 Å². The Kier molecular flexibility index (Phi) is 9.25. The Hall–Kier alpha value is -1.78. The van der Waals surface area contributed by atoms with Gasteiger partial charge in [-0.15, -0.1) is 6.58 Å². The molecule has 0 amide bonds. The Morgan fingerprint density at radius 2 is 1.82 bits per heavy atom. The Balaban J connectivity index is 2.78. The van der Waals surface area contributed by atoms with Crippen molar-refractivity contribution < 1.29 is 44.2 Å². The molecule has 1 aliphatic rings. The van der Waals surface area contributed by atoms with Crippen molar-refractivity contribution in [3.8, 4) is 0 Å². The van der Waals surface area contributed by atoms with Crippen molar-refractivity contribution >= 4 is 11.9 Å². The highest BCUT2D eigenvalue weighted by molar-refractivity contribution is 5.90. The normalized spacial score (nSPS) is 29.4. The molecule has 0 aromatic rings. The standard InChI is InChI=1S/C19H30O9/c1-5-19(4,8-6-7-11(2)3)28-18-17(25)16(24)15(23)12(27-18)10-26-14(22)9-13(20)21/h5,7,12,15-18,23-25H,1,6,8-10H2,2-4H3,(H,20,21). The van der Waals surface area contributed by atoms with Crippen molar-refractivity contribution in [1.29, 1.82) is 0 Å². The van der Waals surface area contributed by atoms with Gasteiger partial charge >= 0.3 is 11.9 Å². The first-order chi connectivity index (χ1) is 13.0. The molecule has 9 heteroatoms. The summed E-state index contributed by atoms with van der Waals surface area (Å²) in [4.78, 5) is 21.9. The van der Waals surface area contributed by atoms with E-state index in [1.165, 1.54) is 0 Å². The van der Waals surface area contributed by atoms with Crippen LogP contribution in [0.15, 0.2) is 24.3 Å². The maximum atomic E-state index is 11.4. The number of aliphatic hydroxyl groups excluding tert-OH is 3. The Morgan fingerprint density at radius 1 is 1.18 bits per heavy atom. The minimum Gasteiger partial charge on any atom is -0.481 e. The van der Waals surface area contributed by atoms with Crippen LogP contribution in [0.3, 0.4) is 0 Å². The second-order valence-corrected chi connectivity index (χ2v) is 7.22. The van der Waals surface area contributed by atoms with E-state index in [0.29, 0.717) is 12.8 Å². The SMILES string of the molecule is C=CC(C)(CCC=C(C)C)OC1OC(COC(=O)CC(=O)O)C(O)C(O)C1O. The number of hydrogen-bond donors (Lipinski definition) is 4. The van der Waals surface area contributed by atoms with Gasteiger partial charge in [-0.1, -0.05) is 17.7 Å². The summed E-state index contributed by atoms with van der Waals surface area (Å²) in [5.41, 5.74) is 0.256. The van der Waals surface area contributed by atoms with Crippen molar-refractivity contribution in [2.45, 2.75) is 76.3 Å². The number of aliphatic hydroxyl groups is 3. The minimum absolute atomic E-state index is 0.501. The van der Waals surface area contributed by atoms with E-state index in [1.807, 2.05) is 19.9 Å². The molecule has 0 aliphatic carbocycles. The lowest BCUT2D eigenvalue weighted by molar-refractivity contribution is -0.320. The van der Waals surface area contributed by atoms with Gasteiger partial charge in [-0.05, 0) is 33.6 Å². The molecular weight excluding hydrogens is 372 g/mol. The molecule has 0 saturated carbocycles. The van der Waals surface area contributed by atoms with Crippen LogP contribution < -0.4 is 0 Å². The summed E-state index contributed by atoms with van der Waals surface area (Å²) < 4.78 is 16.1. The topological polar surface area (TPSA) is 143 Å². The number of carbonyl (C=O) groups is 2. The van der Waals surface area contributed by atoms with Gasteiger partial charge in [0.25, 0.3) is 0 Å². The highest BCUT2D eigenvalue weighted by atomic mass is 16.7. The van der Waals surface area contributed by atoms with Gasteiger partial charge in [0.15, 0.2) is 6.29 Å². The van der Waals surface area contributed by atoms with E-state index in [2.05, 4.69) is 6.58 Å². The van der Waals surface area contributed by atoms with Crippen LogP contribution in [0.1, 0.15) is 40.0 Å². The first-order valence-electron chi connectivity index (χ1n) is 9.01. The van der Waals surface area contributed by atoms with Crippen LogP contribution in [0, 0.1) is 0 Å². The minimum atomic E-state index is -1.60. The van der Waals surface area contributed by atoms with Crippen LogP contribution in [0.4, 0.5) is 0 Å². The average molecular weight is 402 g/mol. The third-order valence-electron chi connectivity index (χ3n) is 4.38. The summed E-state index contributed by atoms with van der Waals surface area (Å²) in [7, 11) is 0. The molecule has 0 spiro atoms. The number of allylic oxidation sites excluding steroid dienone is 2. The number of esters is 1. The number of aliphatic carboxylic acids is 1. The lowest BCUT2D eigenvalue weighted by Crippen LogP contribution is -2.60. The zero-order chi connectivity index (χ0) is 21.5. The highest BCUT2D eigenvalue weighted by Gasteiger charge is 2.46. The van der Waals surface area contributed by atoms with Crippen LogP contribution in [0.25, 0.3) is 0 Å². The molecule has 0 aromatic heterocycles. The number of ether oxygens (including phenoxy) is 3. The number of rotatable bonds is 10. The first-order valence-corrected chi connectivity index (χ1v) is 9.01. The molecule has 6 atom stereocenters. The second-order valence-electron chi connectivity index (χ2n) is 7.22. The van der Waals surface area contributed by atoms with Crippen molar-refractivity contribution in [2.75, 3.05) is 6.61 Å². The molecule has 1 saturated heterocycles. The summed E-state index contributed by atoms with van der Waals surface area (Å²) in [5, 5.41) is 38.9. The molecule has 1 fully saturated rings. The molecule has 4 N–H and O–H groups in total. The van der Waals surface area contributed by atoms with Crippen LogP contribution in [-0.4, -0.2) is 75.3 Å². The van der Waals surface area contributed by atoms with Gasteiger partial charge in [-0.25, -0.2) is 0 Å². The predicted octanol–water partition coefficient (Wildman–Crippen LogP) is 0.520. The van der Waals surface area contributed by atoms with Crippen molar-refractivity contribution in [2.24, 2.45) is 0 Å². The third-order valence-corrected chi connectivity index (χ3v) is 4.38. The number of hydrogen-bond acceptors (Lipinski definition) is 8. The van der Waals surface area contributed by atoms with E-state index in [9.17, 15) is 24.9 Å². The van der Waals surface area contributed by atoms with Crippen LogP contribution in [0.5, 0.6) is 0 Å². The zero-order valence-electron chi connectivity index (χ0n) is 16.4. The largest absolute Gasteiger partial charge is 0.481 e. The lowest BCUT2D eigenvalue weighted by atomic mass is 9.96. The maximum absolute atomic E-state index is 11.4. The van der Waals surface area contributed by atoms with Gasteiger partial charge in [0.1, 0.15) is 37.4 Å². The van der Waals surface area contributed by atoms with Crippen LogP contribution >= 0.6 is 0 Å². The summed E-state index contributed by atoms with van der Waals surface area (Å²) in [6.07, 6.45) is -3.24. The van der Waals surface area contributed by atoms with E-state index >= 15 is 0 Å². The Labute approximate surface area is 164 Å². The van der Waals surface area contributed by atoms with Gasteiger partial charge in [0, 0.05) is 0 Å². The molecule has 1 heterocycles. The van der Waals surface area contributed by atoms with Gasteiger partial charge in [-0.2, -0.15) is 0 Å². The number of carboxylic acid groups (broad SMARTS) is 1. The van der Waals surface area contributed by atoms with E-state index in [-0.39, 0.29) is 0 Å². The molecule has 1 aliphatic heterocycles. The van der Waals surface area contributed by atoms with E-state index in [4.69, 9.17) is 19.3 Å². The quantitative estimate of drug-likeness (QED) is 0.234. The van der Waals surface area contributed by atoms with Crippen LogP contribution in [0.2, 0.25) is 0 Å². The Morgan fingerprint density at radius 3 is 2.36 bits per heavy atom. The van der Waals surface area contributed by atoms with Gasteiger partial charge in [-0.3, -0.25) is 9.59 Å². The predicted molar refractivity (Wildman–Crippen MR) is 98.2 cm³/mol. The van der Waals surface area contributed by atoms with Crippen molar-refractivity contribution in [1.82, 2.24) is 0 Å². The molecule has 0 radical (unpaired) electrons. The molecule has 28 heavy (non-hydrogen) atoms. The smallest absolute Gasteiger partial charge is 0.317 e. The molecule has 0 aromatic carbocycles. The van der Waals surface area contributed by atoms with Gasteiger partial charge in [0.05, 0.1) is 5.60 Å². The second kappa shape index (κ2) is 10.7. The number of carboxylic acids is 1. The van der Waals surface area contributed by atoms with Gasteiger partial charge in [0.2, 0.25) is 0 Å². The number of carbonyl (C=O) groups excluding carboxylic acids is 1. The molecule has 1 rings (SSSR count). The van der Waals surface area contributed by atoms with E-state index < -0.39 is 61.3 Å². The summed E-state index contributed by atoms with van der Waals surface area (Å²) in [6.45, 7) is 8.92. The zero-order valence-corrected chi connectivity index (χ0v) is 16.4. The summed E-state index contributed by atoms with van der Waals surface area (Å²) >= 11 is 0. The average Bonchev–Trinajstić information content (AvgIpc) is 2.60. The monoisotopic (exact) mass is 402 g/mol. The van der Waals surface area contributed by atoms with Crippen molar-refractivity contribution in [3.05, 3.63) is 24.3 Å².